The van der Waals surface area contributed by atoms with E-state index in [1.165, 1.54) is 0 Å². The first-order valence-corrected chi connectivity index (χ1v) is 8.96. The fourth-order valence-electron chi connectivity index (χ4n) is 3.17. The van der Waals surface area contributed by atoms with Gasteiger partial charge in [-0.1, -0.05) is 30.3 Å². The van der Waals surface area contributed by atoms with Gasteiger partial charge in [0.25, 0.3) is 5.91 Å². The van der Waals surface area contributed by atoms with Crippen LogP contribution in [-0.4, -0.2) is 23.5 Å². The minimum Gasteiger partial charge on any atom is -0.497 e. The van der Waals surface area contributed by atoms with Crippen LogP contribution in [-0.2, 0) is 11.2 Å². The third-order valence-electron chi connectivity index (χ3n) is 4.50. The Bertz CT molecular complexity index is 994. The number of nitrogens with zero attached hydrogens (tertiary/aromatic N) is 1. The second-order valence-electron chi connectivity index (χ2n) is 6.49. The van der Waals surface area contributed by atoms with Crippen molar-refractivity contribution in [3.05, 3.63) is 83.2 Å². The lowest BCUT2D eigenvalue weighted by atomic mass is 10.1. The van der Waals surface area contributed by atoms with Crippen LogP contribution in [0, 0.1) is 13.8 Å². The first-order chi connectivity index (χ1) is 13.5. The molecule has 2 amide bonds. The second-order valence-corrected chi connectivity index (χ2v) is 6.49. The number of aryl methyl sites for hydroxylation is 1. The molecule has 0 spiro atoms. The number of amides is 2. The Kier molecular flexibility index (Phi) is 5.79. The van der Waals surface area contributed by atoms with E-state index in [9.17, 15) is 9.59 Å². The molecule has 2 aromatic carbocycles. The van der Waals surface area contributed by atoms with Crippen molar-refractivity contribution in [3.63, 3.8) is 0 Å². The molecule has 6 heteroatoms. The Morgan fingerprint density at radius 2 is 1.71 bits per heavy atom. The number of methoxy groups -OCH3 is 1. The summed E-state index contributed by atoms with van der Waals surface area (Å²) in [7, 11) is 1.57. The van der Waals surface area contributed by atoms with E-state index in [-0.39, 0.29) is 18.2 Å². The summed E-state index contributed by atoms with van der Waals surface area (Å²) in [5, 5.41) is 0. The average Bonchev–Trinajstić information content (AvgIpc) is 3.01. The Balaban J connectivity index is 1.66. The zero-order valence-electron chi connectivity index (χ0n) is 16.2. The van der Waals surface area contributed by atoms with E-state index in [0.29, 0.717) is 11.3 Å². The molecule has 0 aliphatic heterocycles. The van der Waals surface area contributed by atoms with Crippen molar-refractivity contribution in [2.45, 2.75) is 20.3 Å². The van der Waals surface area contributed by atoms with E-state index >= 15 is 0 Å². The van der Waals surface area contributed by atoms with E-state index in [1.54, 1.807) is 13.2 Å². The molecule has 0 saturated carbocycles. The summed E-state index contributed by atoms with van der Waals surface area (Å²) in [6, 6.07) is 18.9. The zero-order valence-corrected chi connectivity index (χ0v) is 16.2. The summed E-state index contributed by atoms with van der Waals surface area (Å²) in [4.78, 5) is 24.7. The standard InChI is InChI=1S/C22H23N3O3/c1-15-12-20(16(2)25(15)18-9-5-4-6-10-18)22(27)24-23-21(26)14-17-8-7-11-19(13-17)28-3/h4-13H,14H2,1-3H3,(H,23,26)(H,24,27). The first kappa shape index (κ1) is 19.2. The maximum atomic E-state index is 12.6. The number of aromatic nitrogens is 1. The highest BCUT2D eigenvalue weighted by atomic mass is 16.5. The number of nitrogens with one attached hydrogen (secondary N) is 2. The highest BCUT2D eigenvalue weighted by Crippen LogP contribution is 2.20. The van der Waals surface area contributed by atoms with Gasteiger partial charge in [0.1, 0.15) is 5.75 Å². The van der Waals surface area contributed by atoms with Crippen molar-refractivity contribution >= 4 is 11.8 Å². The molecule has 144 valence electrons. The van der Waals surface area contributed by atoms with E-state index in [0.717, 1.165) is 22.6 Å². The smallest absolute Gasteiger partial charge is 0.271 e. The Morgan fingerprint density at radius 1 is 0.964 bits per heavy atom. The average molecular weight is 377 g/mol. The fraction of sp³-hybridized carbons (Fsp3) is 0.182. The minimum atomic E-state index is -0.353. The molecule has 0 radical (unpaired) electrons. The van der Waals surface area contributed by atoms with Crippen LogP contribution in [0.4, 0.5) is 0 Å². The van der Waals surface area contributed by atoms with Crippen LogP contribution in [0.5, 0.6) is 5.75 Å². The highest BCUT2D eigenvalue weighted by molar-refractivity contribution is 5.97. The number of hydrogen-bond acceptors (Lipinski definition) is 3. The van der Waals surface area contributed by atoms with Crippen LogP contribution in [0.1, 0.15) is 27.3 Å². The summed E-state index contributed by atoms with van der Waals surface area (Å²) in [5.74, 6) is 0.0235. The van der Waals surface area contributed by atoms with Crippen molar-refractivity contribution in [2.24, 2.45) is 0 Å². The maximum absolute atomic E-state index is 12.6. The molecule has 0 bridgehead atoms. The van der Waals surface area contributed by atoms with Gasteiger partial charge in [-0.3, -0.25) is 20.4 Å². The van der Waals surface area contributed by atoms with Gasteiger partial charge in [-0.15, -0.1) is 0 Å². The summed E-state index contributed by atoms with van der Waals surface area (Å²) in [6.07, 6.45) is 0.139. The largest absolute Gasteiger partial charge is 0.497 e. The monoisotopic (exact) mass is 377 g/mol. The molecular weight excluding hydrogens is 354 g/mol. The summed E-state index contributed by atoms with van der Waals surface area (Å²) < 4.78 is 7.16. The van der Waals surface area contributed by atoms with Gasteiger partial charge >= 0.3 is 0 Å². The molecule has 0 unspecified atom stereocenters. The minimum absolute atomic E-state index is 0.139. The van der Waals surface area contributed by atoms with Gasteiger partial charge in [0.2, 0.25) is 5.91 Å². The van der Waals surface area contributed by atoms with Gasteiger partial charge in [-0.25, -0.2) is 0 Å². The number of ether oxygens (including phenoxy) is 1. The quantitative estimate of drug-likeness (QED) is 0.671. The number of carbonyl (C=O) groups is 2. The molecule has 0 atom stereocenters. The topological polar surface area (TPSA) is 72.4 Å². The Labute approximate surface area is 164 Å². The van der Waals surface area contributed by atoms with E-state index < -0.39 is 0 Å². The van der Waals surface area contributed by atoms with Gasteiger partial charge in [0.15, 0.2) is 0 Å². The first-order valence-electron chi connectivity index (χ1n) is 8.96. The van der Waals surface area contributed by atoms with Crippen molar-refractivity contribution in [1.29, 1.82) is 0 Å². The molecule has 1 heterocycles. The summed E-state index contributed by atoms with van der Waals surface area (Å²) >= 11 is 0. The number of hydrogen-bond donors (Lipinski definition) is 2. The fourth-order valence-corrected chi connectivity index (χ4v) is 3.17. The lowest BCUT2D eigenvalue weighted by Crippen LogP contribution is -2.42. The number of rotatable bonds is 5. The second kappa shape index (κ2) is 8.43. The zero-order chi connectivity index (χ0) is 20.1. The van der Waals surface area contributed by atoms with E-state index in [2.05, 4.69) is 10.9 Å². The van der Waals surface area contributed by atoms with Crippen LogP contribution in [0.3, 0.4) is 0 Å². The SMILES string of the molecule is COc1cccc(CC(=O)NNC(=O)c2cc(C)n(-c3ccccc3)c2C)c1. The molecule has 3 aromatic rings. The maximum Gasteiger partial charge on any atom is 0.271 e. The van der Waals surface area contributed by atoms with Gasteiger partial charge in [-0.05, 0) is 49.7 Å². The summed E-state index contributed by atoms with van der Waals surface area (Å²) in [5.41, 5.74) is 9.02. The van der Waals surface area contributed by atoms with E-state index in [4.69, 9.17) is 4.74 Å². The molecule has 0 aliphatic carbocycles. The van der Waals surface area contributed by atoms with Crippen LogP contribution >= 0.6 is 0 Å². The van der Waals surface area contributed by atoms with Gasteiger partial charge in [-0.2, -0.15) is 0 Å². The molecule has 0 fully saturated rings. The predicted molar refractivity (Wildman–Crippen MR) is 108 cm³/mol. The van der Waals surface area contributed by atoms with Crippen molar-refractivity contribution in [1.82, 2.24) is 15.4 Å². The van der Waals surface area contributed by atoms with E-state index in [1.807, 2.05) is 73.0 Å². The van der Waals surface area contributed by atoms with Crippen LogP contribution in [0.15, 0.2) is 60.7 Å². The predicted octanol–water partition coefficient (Wildman–Crippen LogP) is 3.11. The number of para-hydroxylation sites is 1. The van der Waals surface area contributed by atoms with Crippen LogP contribution in [0.2, 0.25) is 0 Å². The van der Waals surface area contributed by atoms with Crippen LogP contribution in [0.25, 0.3) is 5.69 Å². The molecule has 6 nitrogen and oxygen atoms in total. The Morgan fingerprint density at radius 3 is 2.43 bits per heavy atom. The molecule has 2 N–H and O–H groups in total. The summed E-state index contributed by atoms with van der Waals surface area (Å²) in [6.45, 7) is 3.82. The lowest BCUT2D eigenvalue weighted by Gasteiger charge is -2.10. The number of hydrazine groups is 1. The third-order valence-corrected chi connectivity index (χ3v) is 4.50. The van der Waals surface area contributed by atoms with Crippen LogP contribution < -0.4 is 15.6 Å². The normalized spacial score (nSPS) is 10.4. The van der Waals surface area contributed by atoms with Crippen molar-refractivity contribution in [3.8, 4) is 11.4 Å². The van der Waals surface area contributed by atoms with Gasteiger partial charge in [0.05, 0.1) is 19.1 Å². The third kappa shape index (κ3) is 4.23. The van der Waals surface area contributed by atoms with Crippen molar-refractivity contribution < 1.29 is 14.3 Å². The molecule has 1 aromatic heterocycles. The van der Waals surface area contributed by atoms with Gasteiger partial charge < -0.3 is 9.30 Å². The number of benzene rings is 2. The Hall–Kier alpha value is -3.54. The molecule has 28 heavy (non-hydrogen) atoms. The lowest BCUT2D eigenvalue weighted by molar-refractivity contribution is -0.121. The molecular formula is C22H23N3O3. The molecule has 0 aliphatic rings. The van der Waals surface area contributed by atoms with Crippen molar-refractivity contribution in [2.75, 3.05) is 7.11 Å². The van der Waals surface area contributed by atoms with Gasteiger partial charge in [0, 0.05) is 17.1 Å². The number of carbonyl (C=O) groups excluding carboxylic acids is 2. The highest BCUT2D eigenvalue weighted by Gasteiger charge is 2.17. The molecule has 0 saturated heterocycles. The molecule has 3 rings (SSSR count).